The minimum Gasteiger partial charge on any atom is -0.438 e. The molecule has 2 atom stereocenters. The molecule has 1 aromatic heterocycles. The Balaban J connectivity index is 1.39. The largest absolute Gasteiger partial charge is 0.438 e. The van der Waals surface area contributed by atoms with Crippen molar-refractivity contribution < 1.29 is 22.0 Å². The third-order valence-electron chi connectivity index (χ3n) is 4.51. The number of sulfonamides is 1. The minimum atomic E-state index is -3.61. The van der Waals surface area contributed by atoms with Gasteiger partial charge in [0.05, 0.1) is 5.75 Å². The van der Waals surface area contributed by atoms with E-state index in [1.54, 1.807) is 30.3 Å². The van der Waals surface area contributed by atoms with Crippen molar-refractivity contribution in [3.05, 3.63) is 66.1 Å². The summed E-state index contributed by atoms with van der Waals surface area (Å²) in [7, 11) is -3.61. The highest BCUT2D eigenvalue weighted by Crippen LogP contribution is 2.24. The standard InChI is InChI=1S/C19H19FN2O4S/c20-15-10-22(27(23,24)13-14-6-2-1-3-7-14)11-18(15)25-12-19-21-16-8-4-5-9-17(16)26-19/h1-9,15,18H,10-13H2/t15-,18+/m1/s1. The Labute approximate surface area is 156 Å². The van der Waals surface area contributed by atoms with Gasteiger partial charge >= 0.3 is 0 Å². The first-order valence-electron chi connectivity index (χ1n) is 8.63. The number of alkyl halides is 1. The van der Waals surface area contributed by atoms with Crippen molar-refractivity contribution >= 4 is 21.1 Å². The molecule has 1 saturated heterocycles. The lowest BCUT2D eigenvalue weighted by atomic mass is 10.2. The van der Waals surface area contributed by atoms with Gasteiger partial charge in [0.1, 0.15) is 24.4 Å². The number of para-hydroxylation sites is 2. The zero-order chi connectivity index (χ0) is 18.9. The van der Waals surface area contributed by atoms with E-state index < -0.39 is 22.3 Å². The SMILES string of the molecule is O=S(=O)(Cc1ccccc1)N1C[C@@H](F)[C@@H](OCc2nc3ccccc3o2)C1. The van der Waals surface area contributed by atoms with Gasteiger partial charge in [0, 0.05) is 13.1 Å². The molecule has 27 heavy (non-hydrogen) atoms. The molecule has 0 saturated carbocycles. The monoisotopic (exact) mass is 390 g/mol. The second-order valence-corrected chi connectivity index (χ2v) is 8.47. The van der Waals surface area contributed by atoms with Gasteiger partial charge in [-0.05, 0) is 17.7 Å². The van der Waals surface area contributed by atoms with Gasteiger partial charge in [-0.1, -0.05) is 42.5 Å². The van der Waals surface area contributed by atoms with E-state index in [1.165, 1.54) is 0 Å². The first kappa shape index (κ1) is 18.1. The number of fused-ring (bicyclic) bond motifs is 1. The fourth-order valence-corrected chi connectivity index (χ4v) is 4.66. The van der Waals surface area contributed by atoms with Crippen LogP contribution in [-0.2, 0) is 27.1 Å². The third-order valence-corrected chi connectivity index (χ3v) is 6.29. The summed E-state index contributed by atoms with van der Waals surface area (Å²) < 4.78 is 51.7. The zero-order valence-electron chi connectivity index (χ0n) is 14.5. The van der Waals surface area contributed by atoms with Crippen LogP contribution in [0.1, 0.15) is 11.5 Å². The highest BCUT2D eigenvalue weighted by atomic mass is 32.2. The zero-order valence-corrected chi connectivity index (χ0v) is 15.3. The molecule has 6 nitrogen and oxygen atoms in total. The molecular formula is C19H19FN2O4S. The van der Waals surface area contributed by atoms with E-state index >= 15 is 0 Å². The molecule has 0 spiro atoms. The van der Waals surface area contributed by atoms with Crippen molar-refractivity contribution in [2.45, 2.75) is 24.6 Å². The van der Waals surface area contributed by atoms with Crippen LogP contribution < -0.4 is 0 Å². The highest BCUT2D eigenvalue weighted by Gasteiger charge is 2.39. The summed E-state index contributed by atoms with van der Waals surface area (Å²) in [5.41, 5.74) is 2.00. The average molecular weight is 390 g/mol. The molecule has 0 N–H and O–H groups in total. The molecule has 2 aromatic carbocycles. The van der Waals surface area contributed by atoms with E-state index in [1.807, 2.05) is 24.3 Å². The maximum atomic E-state index is 14.3. The lowest BCUT2D eigenvalue weighted by Crippen LogP contribution is -2.31. The predicted molar refractivity (Wildman–Crippen MR) is 98.1 cm³/mol. The van der Waals surface area contributed by atoms with Crippen LogP contribution in [-0.4, -0.2) is 43.1 Å². The molecule has 1 aliphatic rings. The smallest absolute Gasteiger partial charge is 0.221 e. The number of nitrogens with zero attached hydrogens (tertiary/aromatic N) is 2. The third kappa shape index (κ3) is 4.02. The molecule has 3 aromatic rings. The number of aromatic nitrogens is 1. The van der Waals surface area contributed by atoms with Crippen LogP contribution >= 0.6 is 0 Å². The quantitative estimate of drug-likeness (QED) is 0.647. The Morgan fingerprint density at radius 3 is 2.63 bits per heavy atom. The average Bonchev–Trinajstić information content (AvgIpc) is 3.24. The summed E-state index contributed by atoms with van der Waals surface area (Å²) in [4.78, 5) is 4.28. The summed E-state index contributed by atoms with van der Waals surface area (Å²) in [5.74, 6) is 0.187. The molecule has 0 amide bonds. The van der Waals surface area contributed by atoms with E-state index in [2.05, 4.69) is 4.98 Å². The fraction of sp³-hybridized carbons (Fsp3) is 0.316. The molecule has 0 aliphatic carbocycles. The molecule has 142 valence electrons. The van der Waals surface area contributed by atoms with Crippen LogP contribution in [0.15, 0.2) is 59.0 Å². The molecule has 1 aliphatic heterocycles. The van der Waals surface area contributed by atoms with Gasteiger partial charge < -0.3 is 9.15 Å². The van der Waals surface area contributed by atoms with Gasteiger partial charge in [0.25, 0.3) is 0 Å². The molecule has 0 bridgehead atoms. The number of hydrogen-bond acceptors (Lipinski definition) is 5. The van der Waals surface area contributed by atoms with E-state index in [4.69, 9.17) is 9.15 Å². The van der Waals surface area contributed by atoms with Crippen molar-refractivity contribution in [3.8, 4) is 0 Å². The number of rotatable bonds is 6. The molecule has 2 heterocycles. The first-order chi connectivity index (χ1) is 13.0. The summed E-state index contributed by atoms with van der Waals surface area (Å²) in [5, 5.41) is 0. The van der Waals surface area contributed by atoms with Gasteiger partial charge in [-0.25, -0.2) is 17.8 Å². The number of benzene rings is 2. The second kappa shape index (κ2) is 7.38. The van der Waals surface area contributed by atoms with Crippen LogP contribution in [0.2, 0.25) is 0 Å². The van der Waals surface area contributed by atoms with Gasteiger partial charge in [-0.2, -0.15) is 4.31 Å². The summed E-state index contributed by atoms with van der Waals surface area (Å²) in [6.45, 7) is -0.226. The van der Waals surface area contributed by atoms with E-state index in [9.17, 15) is 12.8 Å². The van der Waals surface area contributed by atoms with Crippen molar-refractivity contribution in [1.29, 1.82) is 0 Å². The molecule has 8 heteroatoms. The Bertz CT molecular complexity index is 989. The topological polar surface area (TPSA) is 72.6 Å². The lowest BCUT2D eigenvalue weighted by Gasteiger charge is -2.16. The molecular weight excluding hydrogens is 371 g/mol. The number of halogens is 1. The van der Waals surface area contributed by atoms with Crippen LogP contribution in [0, 0.1) is 0 Å². The van der Waals surface area contributed by atoms with Crippen LogP contribution in [0.25, 0.3) is 11.1 Å². The van der Waals surface area contributed by atoms with Gasteiger partial charge in [-0.3, -0.25) is 0 Å². The number of oxazole rings is 1. The molecule has 0 radical (unpaired) electrons. The Hall–Kier alpha value is -2.29. The van der Waals surface area contributed by atoms with Gasteiger partial charge in [0.15, 0.2) is 5.58 Å². The predicted octanol–water partition coefficient (Wildman–Crippen LogP) is 2.90. The van der Waals surface area contributed by atoms with Crippen LogP contribution in [0.5, 0.6) is 0 Å². The van der Waals surface area contributed by atoms with E-state index in [0.717, 1.165) is 4.31 Å². The van der Waals surface area contributed by atoms with E-state index in [-0.39, 0.29) is 25.4 Å². The maximum Gasteiger partial charge on any atom is 0.221 e. The Morgan fingerprint density at radius 2 is 1.85 bits per heavy atom. The van der Waals surface area contributed by atoms with Gasteiger partial charge in [-0.15, -0.1) is 0 Å². The van der Waals surface area contributed by atoms with Crippen LogP contribution in [0.4, 0.5) is 4.39 Å². The lowest BCUT2D eigenvalue weighted by molar-refractivity contribution is 0.00381. The second-order valence-electron chi connectivity index (χ2n) is 6.50. The molecule has 0 unspecified atom stereocenters. The summed E-state index contributed by atoms with van der Waals surface area (Å²) in [6.07, 6.45) is -2.23. The van der Waals surface area contributed by atoms with Crippen LogP contribution in [0.3, 0.4) is 0 Å². The summed E-state index contributed by atoms with van der Waals surface area (Å²) >= 11 is 0. The molecule has 4 rings (SSSR count). The number of ether oxygens (including phenoxy) is 1. The number of hydrogen-bond donors (Lipinski definition) is 0. The highest BCUT2D eigenvalue weighted by molar-refractivity contribution is 7.88. The summed E-state index contributed by atoms with van der Waals surface area (Å²) in [6, 6.07) is 16.1. The van der Waals surface area contributed by atoms with Crippen molar-refractivity contribution in [3.63, 3.8) is 0 Å². The Morgan fingerprint density at radius 1 is 1.11 bits per heavy atom. The maximum absolute atomic E-state index is 14.3. The van der Waals surface area contributed by atoms with Crippen molar-refractivity contribution in [2.24, 2.45) is 0 Å². The van der Waals surface area contributed by atoms with Crippen molar-refractivity contribution in [1.82, 2.24) is 9.29 Å². The van der Waals surface area contributed by atoms with Crippen molar-refractivity contribution in [2.75, 3.05) is 13.1 Å². The minimum absolute atomic E-state index is 0.00760. The first-order valence-corrected chi connectivity index (χ1v) is 10.2. The van der Waals surface area contributed by atoms with Gasteiger partial charge in [0.2, 0.25) is 15.9 Å². The van der Waals surface area contributed by atoms with E-state index in [0.29, 0.717) is 22.6 Å². The Kier molecular flexibility index (Phi) is 4.94. The normalized spacial score (nSPS) is 21.1. The molecule has 1 fully saturated rings. The fourth-order valence-electron chi connectivity index (χ4n) is 3.12.